The van der Waals surface area contributed by atoms with Crippen molar-refractivity contribution in [1.29, 1.82) is 0 Å². The number of hydrogen-bond acceptors (Lipinski definition) is 2. The number of anilines is 1. The highest BCUT2D eigenvalue weighted by atomic mass is 79.9. The van der Waals surface area contributed by atoms with Gasteiger partial charge in [0.05, 0.1) is 5.75 Å². The zero-order valence-corrected chi connectivity index (χ0v) is 13.4. The highest BCUT2D eigenvalue weighted by Crippen LogP contribution is 2.41. The van der Waals surface area contributed by atoms with Gasteiger partial charge in [-0.1, -0.05) is 40.2 Å². The van der Waals surface area contributed by atoms with Crippen LogP contribution in [-0.4, -0.2) is 11.7 Å². The molecule has 1 aliphatic rings. The number of hydrogen-bond donors (Lipinski definition) is 0. The molecule has 0 aliphatic carbocycles. The smallest absolute Gasteiger partial charge is 0.238 e. The van der Waals surface area contributed by atoms with Crippen molar-refractivity contribution in [2.75, 3.05) is 10.7 Å². The molecule has 0 radical (unpaired) electrons. The van der Waals surface area contributed by atoms with Crippen LogP contribution in [0, 0.1) is 6.92 Å². The van der Waals surface area contributed by atoms with Gasteiger partial charge >= 0.3 is 0 Å². The van der Waals surface area contributed by atoms with E-state index in [9.17, 15) is 4.79 Å². The molecule has 1 aliphatic heterocycles. The number of aryl methyl sites for hydroxylation is 1. The second-order valence-electron chi connectivity index (χ2n) is 4.82. The third kappa shape index (κ3) is 2.63. The fourth-order valence-electron chi connectivity index (χ4n) is 2.35. The normalized spacial score (nSPS) is 18.6. The summed E-state index contributed by atoms with van der Waals surface area (Å²) >= 11 is 5.13. The van der Waals surface area contributed by atoms with Crippen LogP contribution >= 0.6 is 27.7 Å². The summed E-state index contributed by atoms with van der Waals surface area (Å²) in [7, 11) is 0. The van der Waals surface area contributed by atoms with Gasteiger partial charge in [0.25, 0.3) is 0 Å². The minimum Gasteiger partial charge on any atom is -0.295 e. The van der Waals surface area contributed by atoms with E-state index >= 15 is 0 Å². The maximum absolute atomic E-state index is 12.2. The van der Waals surface area contributed by atoms with Gasteiger partial charge in [0.15, 0.2) is 0 Å². The lowest BCUT2D eigenvalue weighted by molar-refractivity contribution is -0.115. The van der Waals surface area contributed by atoms with E-state index in [1.807, 2.05) is 42.2 Å². The van der Waals surface area contributed by atoms with Gasteiger partial charge in [-0.2, -0.15) is 0 Å². The maximum Gasteiger partial charge on any atom is 0.238 e. The highest BCUT2D eigenvalue weighted by molar-refractivity contribution is 9.10. The van der Waals surface area contributed by atoms with Crippen LogP contribution in [0.25, 0.3) is 0 Å². The van der Waals surface area contributed by atoms with Crippen molar-refractivity contribution < 1.29 is 4.79 Å². The molecule has 1 atom stereocenters. The lowest BCUT2D eigenvalue weighted by atomic mass is 10.1. The molecular formula is C16H14BrNOS. The summed E-state index contributed by atoms with van der Waals surface area (Å²) in [6, 6.07) is 16.3. The SMILES string of the molecule is Cc1cccc(N2C(=O)CSC2c2ccc(Br)cc2)c1. The molecule has 1 saturated heterocycles. The molecule has 0 saturated carbocycles. The van der Waals surface area contributed by atoms with E-state index in [1.54, 1.807) is 11.8 Å². The standard InChI is InChI=1S/C16H14BrNOS/c1-11-3-2-4-14(9-11)18-15(19)10-20-16(18)12-5-7-13(17)8-6-12/h2-9,16H,10H2,1H3. The Morgan fingerprint density at radius 1 is 1.20 bits per heavy atom. The molecule has 3 rings (SSSR count). The Labute approximate surface area is 131 Å². The van der Waals surface area contributed by atoms with Crippen LogP contribution in [0.4, 0.5) is 5.69 Å². The van der Waals surface area contributed by atoms with Crippen molar-refractivity contribution in [2.45, 2.75) is 12.3 Å². The van der Waals surface area contributed by atoms with Crippen molar-refractivity contribution in [3.63, 3.8) is 0 Å². The summed E-state index contributed by atoms with van der Waals surface area (Å²) in [6.07, 6.45) is 0. The zero-order valence-electron chi connectivity index (χ0n) is 11.0. The summed E-state index contributed by atoms with van der Waals surface area (Å²) in [5.41, 5.74) is 3.31. The molecule has 0 N–H and O–H groups in total. The molecule has 1 amide bonds. The molecule has 1 unspecified atom stereocenters. The van der Waals surface area contributed by atoms with E-state index in [0.717, 1.165) is 15.7 Å². The number of nitrogens with zero attached hydrogens (tertiary/aromatic N) is 1. The lowest BCUT2D eigenvalue weighted by Gasteiger charge is -2.24. The van der Waals surface area contributed by atoms with E-state index < -0.39 is 0 Å². The molecule has 2 nitrogen and oxygen atoms in total. The minimum absolute atomic E-state index is 0.0670. The molecule has 0 aromatic heterocycles. The first-order chi connectivity index (χ1) is 9.65. The fourth-order valence-corrected chi connectivity index (χ4v) is 3.80. The molecular weight excluding hydrogens is 334 g/mol. The zero-order chi connectivity index (χ0) is 14.1. The van der Waals surface area contributed by atoms with Gasteiger partial charge in [-0.15, -0.1) is 11.8 Å². The van der Waals surface area contributed by atoms with Crippen LogP contribution in [0.15, 0.2) is 53.0 Å². The predicted octanol–water partition coefficient (Wildman–Crippen LogP) is 4.54. The van der Waals surface area contributed by atoms with E-state index in [2.05, 4.69) is 34.1 Å². The summed E-state index contributed by atoms with van der Waals surface area (Å²) in [5, 5.41) is 0.0670. The summed E-state index contributed by atoms with van der Waals surface area (Å²) in [4.78, 5) is 14.1. The van der Waals surface area contributed by atoms with Gasteiger partial charge < -0.3 is 0 Å². The monoisotopic (exact) mass is 347 g/mol. The average molecular weight is 348 g/mol. The molecule has 1 fully saturated rings. The molecule has 1 heterocycles. The number of carbonyl (C=O) groups excluding carboxylic acids is 1. The number of halogens is 1. The number of benzene rings is 2. The quantitative estimate of drug-likeness (QED) is 0.794. The molecule has 2 aromatic rings. The van der Waals surface area contributed by atoms with Crippen molar-refractivity contribution in [1.82, 2.24) is 0 Å². The van der Waals surface area contributed by atoms with Gasteiger partial charge in [0, 0.05) is 10.2 Å². The number of thioether (sulfide) groups is 1. The Morgan fingerprint density at radius 2 is 1.95 bits per heavy atom. The molecule has 20 heavy (non-hydrogen) atoms. The molecule has 102 valence electrons. The fraction of sp³-hybridized carbons (Fsp3) is 0.188. The van der Waals surface area contributed by atoms with Crippen LogP contribution in [0.3, 0.4) is 0 Å². The summed E-state index contributed by atoms with van der Waals surface area (Å²) < 4.78 is 1.05. The van der Waals surface area contributed by atoms with Crippen LogP contribution in [0.2, 0.25) is 0 Å². The number of rotatable bonds is 2. The number of amides is 1. The van der Waals surface area contributed by atoms with E-state index in [-0.39, 0.29) is 11.3 Å². The molecule has 0 bridgehead atoms. The molecule has 0 spiro atoms. The predicted molar refractivity (Wildman–Crippen MR) is 88.0 cm³/mol. The van der Waals surface area contributed by atoms with Gasteiger partial charge in [-0.25, -0.2) is 0 Å². The van der Waals surface area contributed by atoms with Gasteiger partial charge in [0.2, 0.25) is 5.91 Å². The Bertz CT molecular complexity index is 641. The van der Waals surface area contributed by atoms with Crippen molar-refractivity contribution >= 4 is 39.3 Å². The van der Waals surface area contributed by atoms with E-state index in [4.69, 9.17) is 0 Å². The van der Waals surface area contributed by atoms with Gasteiger partial charge in [-0.3, -0.25) is 9.69 Å². The summed E-state index contributed by atoms with van der Waals surface area (Å²) in [6.45, 7) is 2.05. The van der Waals surface area contributed by atoms with Crippen LogP contribution in [0.1, 0.15) is 16.5 Å². The van der Waals surface area contributed by atoms with Crippen LogP contribution in [0.5, 0.6) is 0 Å². The Balaban J connectivity index is 1.98. The Hall–Kier alpha value is -1.26. The van der Waals surface area contributed by atoms with Crippen LogP contribution in [-0.2, 0) is 4.79 Å². The third-order valence-corrected chi connectivity index (χ3v) is 5.04. The topological polar surface area (TPSA) is 20.3 Å². The first kappa shape index (κ1) is 13.7. The minimum atomic E-state index is 0.0670. The van der Waals surface area contributed by atoms with Crippen molar-refractivity contribution in [2.24, 2.45) is 0 Å². The van der Waals surface area contributed by atoms with Crippen molar-refractivity contribution in [3.05, 3.63) is 64.1 Å². The Kier molecular flexibility index (Phi) is 3.85. The van der Waals surface area contributed by atoms with Gasteiger partial charge in [-0.05, 0) is 42.3 Å². The first-order valence-electron chi connectivity index (χ1n) is 6.41. The first-order valence-corrected chi connectivity index (χ1v) is 8.25. The van der Waals surface area contributed by atoms with E-state index in [0.29, 0.717) is 5.75 Å². The second-order valence-corrected chi connectivity index (χ2v) is 6.80. The maximum atomic E-state index is 12.2. The van der Waals surface area contributed by atoms with Gasteiger partial charge in [0.1, 0.15) is 5.37 Å². The number of carbonyl (C=O) groups is 1. The Morgan fingerprint density at radius 3 is 2.65 bits per heavy atom. The highest BCUT2D eigenvalue weighted by Gasteiger charge is 2.33. The second kappa shape index (κ2) is 5.62. The molecule has 2 aromatic carbocycles. The average Bonchev–Trinajstić information content (AvgIpc) is 2.81. The molecule has 4 heteroatoms. The van der Waals surface area contributed by atoms with E-state index in [1.165, 1.54) is 5.56 Å². The van der Waals surface area contributed by atoms with Crippen molar-refractivity contribution in [3.8, 4) is 0 Å². The third-order valence-electron chi connectivity index (χ3n) is 3.30. The lowest BCUT2D eigenvalue weighted by Crippen LogP contribution is -2.27. The summed E-state index contributed by atoms with van der Waals surface area (Å²) in [5.74, 6) is 0.711. The largest absolute Gasteiger partial charge is 0.295 e. The van der Waals surface area contributed by atoms with Crippen LogP contribution < -0.4 is 4.90 Å².